The van der Waals surface area contributed by atoms with E-state index in [2.05, 4.69) is 18.8 Å². The van der Waals surface area contributed by atoms with E-state index >= 15 is 0 Å². The van der Waals surface area contributed by atoms with Crippen LogP contribution >= 0.6 is 0 Å². The van der Waals surface area contributed by atoms with E-state index in [4.69, 9.17) is 0 Å². The van der Waals surface area contributed by atoms with E-state index in [0.29, 0.717) is 6.42 Å². The maximum atomic E-state index is 10.5. The fourth-order valence-electron chi connectivity index (χ4n) is 2.65. The average molecular weight is 208 g/mol. The number of nitrogens with zero attached hydrogens (tertiary/aromatic N) is 2. The van der Waals surface area contributed by atoms with E-state index in [1.165, 1.54) is 0 Å². The molecule has 0 radical (unpaired) electrons. The minimum absolute atomic E-state index is 0.278. The van der Waals surface area contributed by atoms with Crippen molar-refractivity contribution in [2.24, 2.45) is 12.5 Å². The summed E-state index contributed by atoms with van der Waals surface area (Å²) in [5, 5.41) is 10.5. The maximum Gasteiger partial charge on any atom is 0.111 e. The van der Waals surface area contributed by atoms with E-state index in [-0.39, 0.29) is 5.41 Å². The predicted molar refractivity (Wildman–Crippen MR) is 59.5 cm³/mol. The molecule has 0 aromatic carbocycles. The molecule has 1 N–H and O–H groups in total. The van der Waals surface area contributed by atoms with Gasteiger partial charge in [0.1, 0.15) is 5.82 Å². The summed E-state index contributed by atoms with van der Waals surface area (Å²) in [5.41, 5.74) is -0.261. The smallest absolute Gasteiger partial charge is 0.111 e. The highest BCUT2D eigenvalue weighted by molar-refractivity contribution is 5.03. The zero-order valence-corrected chi connectivity index (χ0v) is 9.82. The normalized spacial score (nSPS) is 29.6. The van der Waals surface area contributed by atoms with Crippen LogP contribution in [0.3, 0.4) is 0 Å². The highest BCUT2D eigenvalue weighted by Gasteiger charge is 2.42. The Balaban J connectivity index is 2.10. The molecule has 3 heteroatoms. The summed E-state index contributed by atoms with van der Waals surface area (Å²) in [5.74, 6) is 0.982. The first-order valence-electron chi connectivity index (χ1n) is 5.59. The summed E-state index contributed by atoms with van der Waals surface area (Å²) in [6.45, 7) is 4.45. The van der Waals surface area contributed by atoms with Gasteiger partial charge in [0.25, 0.3) is 0 Å². The summed E-state index contributed by atoms with van der Waals surface area (Å²) >= 11 is 0. The number of aliphatic hydroxyl groups is 1. The summed E-state index contributed by atoms with van der Waals surface area (Å²) < 4.78 is 1.99. The Bertz CT molecular complexity index is 356. The molecule has 84 valence electrons. The third-order valence-corrected chi connectivity index (χ3v) is 3.48. The van der Waals surface area contributed by atoms with Gasteiger partial charge in [0.2, 0.25) is 0 Å². The molecular weight excluding hydrogens is 188 g/mol. The number of hydrogen-bond donors (Lipinski definition) is 1. The Hall–Kier alpha value is -0.830. The van der Waals surface area contributed by atoms with Crippen molar-refractivity contribution in [2.75, 3.05) is 0 Å². The molecular formula is C12H20N2O. The summed E-state index contributed by atoms with van der Waals surface area (Å²) in [7, 11) is 1.98. The number of hydrogen-bond acceptors (Lipinski definition) is 2. The molecule has 0 bridgehead atoms. The quantitative estimate of drug-likeness (QED) is 0.806. The lowest BCUT2D eigenvalue weighted by molar-refractivity contribution is 0.0353. The molecule has 2 rings (SSSR count). The van der Waals surface area contributed by atoms with E-state index in [0.717, 1.165) is 25.1 Å². The van der Waals surface area contributed by atoms with Crippen LogP contribution in [-0.2, 0) is 13.5 Å². The first-order valence-corrected chi connectivity index (χ1v) is 5.59. The molecule has 15 heavy (non-hydrogen) atoms. The van der Waals surface area contributed by atoms with E-state index in [1.807, 2.05) is 17.8 Å². The van der Waals surface area contributed by atoms with Crippen LogP contribution in [0, 0.1) is 5.41 Å². The van der Waals surface area contributed by atoms with Crippen LogP contribution in [0.5, 0.6) is 0 Å². The standard InChI is InChI=1S/C12H20N2O/c1-11(2)4-5-12(15,9-11)8-10-13-6-7-14(10)3/h6-7,15H,4-5,8-9H2,1-3H3. The van der Waals surface area contributed by atoms with Gasteiger partial charge in [-0.25, -0.2) is 4.98 Å². The number of aromatic nitrogens is 2. The molecule has 1 fully saturated rings. The van der Waals surface area contributed by atoms with Crippen molar-refractivity contribution < 1.29 is 5.11 Å². The van der Waals surface area contributed by atoms with Crippen molar-refractivity contribution in [3.05, 3.63) is 18.2 Å². The average Bonchev–Trinajstić information content (AvgIpc) is 2.59. The fourth-order valence-corrected chi connectivity index (χ4v) is 2.65. The van der Waals surface area contributed by atoms with Crippen molar-refractivity contribution in [1.29, 1.82) is 0 Å². The monoisotopic (exact) mass is 208 g/mol. The van der Waals surface area contributed by atoms with E-state index < -0.39 is 5.60 Å². The van der Waals surface area contributed by atoms with Crippen molar-refractivity contribution in [1.82, 2.24) is 9.55 Å². The maximum absolute atomic E-state index is 10.5. The second-order valence-electron chi connectivity index (χ2n) is 5.70. The third-order valence-electron chi connectivity index (χ3n) is 3.48. The number of aryl methyl sites for hydroxylation is 1. The van der Waals surface area contributed by atoms with Gasteiger partial charge in [-0.1, -0.05) is 13.8 Å². The lowest BCUT2D eigenvalue weighted by Crippen LogP contribution is -2.30. The number of rotatable bonds is 2. The highest BCUT2D eigenvalue weighted by atomic mass is 16.3. The molecule has 3 nitrogen and oxygen atoms in total. The molecule has 1 aromatic heterocycles. The molecule has 1 saturated carbocycles. The molecule has 0 spiro atoms. The van der Waals surface area contributed by atoms with Crippen LogP contribution < -0.4 is 0 Å². The van der Waals surface area contributed by atoms with Crippen LogP contribution in [0.15, 0.2) is 12.4 Å². The topological polar surface area (TPSA) is 38.0 Å². The molecule has 1 aromatic rings. The van der Waals surface area contributed by atoms with Gasteiger partial charge in [-0.3, -0.25) is 0 Å². The molecule has 0 saturated heterocycles. The lowest BCUT2D eigenvalue weighted by atomic mass is 9.88. The molecule has 1 aliphatic carbocycles. The first-order chi connectivity index (χ1) is 6.90. The van der Waals surface area contributed by atoms with Gasteiger partial charge in [-0.15, -0.1) is 0 Å². The first kappa shape index (κ1) is 10.7. The predicted octanol–water partition coefficient (Wildman–Crippen LogP) is 1.90. The van der Waals surface area contributed by atoms with E-state index in [9.17, 15) is 5.11 Å². The summed E-state index contributed by atoms with van der Waals surface area (Å²) in [6.07, 6.45) is 7.28. The van der Waals surface area contributed by atoms with Crippen molar-refractivity contribution in [3.8, 4) is 0 Å². The highest BCUT2D eigenvalue weighted by Crippen LogP contribution is 2.44. The van der Waals surface area contributed by atoms with Crippen LogP contribution in [-0.4, -0.2) is 20.3 Å². The fraction of sp³-hybridized carbons (Fsp3) is 0.750. The lowest BCUT2D eigenvalue weighted by Gasteiger charge is -2.24. The molecule has 0 amide bonds. The second-order valence-corrected chi connectivity index (χ2v) is 5.70. The van der Waals surface area contributed by atoms with Crippen LogP contribution in [0.2, 0.25) is 0 Å². The minimum Gasteiger partial charge on any atom is -0.389 e. The Morgan fingerprint density at radius 2 is 2.20 bits per heavy atom. The molecule has 1 aliphatic rings. The zero-order valence-electron chi connectivity index (χ0n) is 9.82. The SMILES string of the molecule is Cn1ccnc1CC1(O)CCC(C)(C)C1. The van der Waals surface area contributed by atoms with Gasteiger partial charge in [-0.2, -0.15) is 0 Å². The largest absolute Gasteiger partial charge is 0.389 e. The van der Waals surface area contributed by atoms with Crippen LogP contribution in [0.25, 0.3) is 0 Å². The summed E-state index contributed by atoms with van der Waals surface area (Å²) in [6, 6.07) is 0. The molecule has 1 heterocycles. The Labute approximate surface area is 91.1 Å². The molecule has 1 unspecified atom stereocenters. The second kappa shape index (κ2) is 3.34. The zero-order chi connectivity index (χ0) is 11.1. The van der Waals surface area contributed by atoms with Gasteiger partial charge in [0.05, 0.1) is 5.60 Å². The van der Waals surface area contributed by atoms with Gasteiger partial charge in [-0.05, 0) is 24.7 Å². The summed E-state index contributed by atoms with van der Waals surface area (Å²) in [4.78, 5) is 4.28. The van der Waals surface area contributed by atoms with Crippen molar-refractivity contribution >= 4 is 0 Å². The van der Waals surface area contributed by atoms with Gasteiger partial charge >= 0.3 is 0 Å². The minimum atomic E-state index is -0.539. The van der Waals surface area contributed by atoms with Gasteiger partial charge < -0.3 is 9.67 Å². The molecule has 1 atom stereocenters. The Kier molecular flexibility index (Phi) is 2.38. The Morgan fingerprint density at radius 1 is 1.47 bits per heavy atom. The van der Waals surface area contributed by atoms with Crippen molar-refractivity contribution in [3.63, 3.8) is 0 Å². The van der Waals surface area contributed by atoms with Crippen molar-refractivity contribution in [2.45, 2.75) is 45.1 Å². The van der Waals surface area contributed by atoms with Gasteiger partial charge in [0, 0.05) is 25.9 Å². The molecule has 0 aliphatic heterocycles. The Morgan fingerprint density at radius 3 is 2.67 bits per heavy atom. The van der Waals surface area contributed by atoms with Crippen LogP contribution in [0.4, 0.5) is 0 Å². The van der Waals surface area contributed by atoms with E-state index in [1.54, 1.807) is 6.20 Å². The third kappa shape index (κ3) is 2.23. The van der Waals surface area contributed by atoms with Gasteiger partial charge in [0.15, 0.2) is 0 Å². The van der Waals surface area contributed by atoms with Crippen LogP contribution in [0.1, 0.15) is 38.9 Å². The number of imidazole rings is 1.